The van der Waals surface area contributed by atoms with Crippen LogP contribution in [0.2, 0.25) is 0 Å². The zero-order chi connectivity index (χ0) is 39.2. The van der Waals surface area contributed by atoms with Crippen LogP contribution in [-0.2, 0) is 90.4 Å². The molecule has 8 unspecified atom stereocenters. The van der Waals surface area contributed by atoms with Crippen molar-refractivity contribution in [2.45, 2.75) is 161 Å². The molecule has 0 spiro atoms. The molecule has 3 rings (SSSR count). The summed E-state index contributed by atoms with van der Waals surface area (Å²) in [5.74, 6) is -5.78. The molecule has 52 heavy (non-hydrogen) atoms. The zero-order valence-electron chi connectivity index (χ0n) is 30.4. The molecular weight excluding hydrogens is 704 g/mol. The summed E-state index contributed by atoms with van der Waals surface area (Å²) in [6.07, 6.45) is -21.6. The van der Waals surface area contributed by atoms with Crippen molar-refractivity contribution in [2.24, 2.45) is 0 Å². The number of carbonyl (C=O) groups is 7. The molecular formula is C32H46O20. The minimum Gasteiger partial charge on any atom is -0.457 e. The maximum Gasteiger partial charge on any atom is 0.303 e. The van der Waals surface area contributed by atoms with Gasteiger partial charge < -0.3 is 61.9 Å². The van der Waals surface area contributed by atoms with Crippen molar-refractivity contribution < 1.29 is 95.5 Å². The van der Waals surface area contributed by atoms with E-state index in [2.05, 4.69) is 0 Å². The summed E-state index contributed by atoms with van der Waals surface area (Å²) < 4.78 is 67.9. The Morgan fingerprint density at radius 1 is 0.365 bits per heavy atom. The average molecular weight is 751 g/mol. The maximum absolute atomic E-state index is 12.5. The molecule has 0 aromatic rings. The van der Waals surface area contributed by atoms with Gasteiger partial charge in [0.2, 0.25) is 0 Å². The van der Waals surface area contributed by atoms with Crippen LogP contribution in [0.1, 0.15) is 69.2 Å². The zero-order valence-corrected chi connectivity index (χ0v) is 30.4. The number of hydrogen-bond donors (Lipinski definition) is 1. The Morgan fingerprint density at radius 2 is 0.615 bits per heavy atom. The number of hydrogen-bond acceptors (Lipinski definition) is 20. The summed E-state index contributed by atoms with van der Waals surface area (Å²) in [6, 6.07) is 0. The molecule has 0 amide bonds. The normalized spacial score (nSPS) is 37.4. The van der Waals surface area contributed by atoms with Crippen molar-refractivity contribution in [3.8, 4) is 0 Å². The van der Waals surface area contributed by atoms with Gasteiger partial charge in [-0.3, -0.25) is 33.6 Å². The Hall–Kier alpha value is -3.95. The molecule has 3 aliphatic rings. The monoisotopic (exact) mass is 750 g/mol. The van der Waals surface area contributed by atoms with E-state index in [0.29, 0.717) is 0 Å². The van der Waals surface area contributed by atoms with E-state index in [0.717, 1.165) is 48.5 Å². The topological polar surface area (TPSA) is 250 Å². The van der Waals surface area contributed by atoms with Gasteiger partial charge in [-0.2, -0.15) is 0 Å². The third-order valence-corrected chi connectivity index (χ3v) is 7.90. The summed E-state index contributed by atoms with van der Waals surface area (Å²) in [6.45, 7) is 11.9. The Morgan fingerprint density at radius 3 is 0.942 bits per heavy atom. The molecule has 0 bridgehead atoms. The highest BCUT2D eigenvalue weighted by Crippen LogP contribution is 2.37. The lowest BCUT2D eigenvalue weighted by atomic mass is 9.96. The number of esters is 7. The second-order valence-electron chi connectivity index (χ2n) is 12.4. The SMILES string of the molecule is CC(=O)OC1C(OC(C)=O)[C@@H](OC(C)=O)C(C)O[C@H]1O[C@H]1C(C)O[C@@H](O)C(O[C@@H]2O[C@H](C)[C@H](OC(C)=O)C(OC(C)=O)C2OC(C)=O)C1OC(C)=O. The molecule has 20 heteroatoms. The van der Waals surface area contributed by atoms with E-state index >= 15 is 0 Å². The highest BCUT2D eigenvalue weighted by atomic mass is 16.8. The van der Waals surface area contributed by atoms with Crippen LogP contribution in [-0.4, -0.2) is 139 Å². The fourth-order valence-electron chi connectivity index (χ4n) is 6.12. The van der Waals surface area contributed by atoms with Crippen molar-refractivity contribution in [1.29, 1.82) is 0 Å². The number of carbonyl (C=O) groups excluding carboxylic acids is 7. The third-order valence-electron chi connectivity index (χ3n) is 7.90. The average Bonchev–Trinajstić information content (AvgIpc) is 2.98. The van der Waals surface area contributed by atoms with E-state index in [4.69, 9.17) is 56.8 Å². The highest BCUT2D eigenvalue weighted by Gasteiger charge is 2.57. The molecule has 3 heterocycles. The minimum atomic E-state index is -1.87. The fraction of sp³-hybridized carbons (Fsp3) is 0.781. The third kappa shape index (κ3) is 11.0. The van der Waals surface area contributed by atoms with Crippen LogP contribution in [0.4, 0.5) is 0 Å². The lowest BCUT2D eigenvalue weighted by Crippen LogP contribution is -2.67. The Kier molecular flexibility index (Phi) is 14.9. The molecule has 0 saturated carbocycles. The Labute approximate surface area is 298 Å². The standard InChI is InChI=1S/C32H46O20/c1-11-23(51-31-28(49-19(9)38)25(47-17(7)36)21(12(2)42-31)44-14(4)33)24(46-16(6)35)27(30(40)41-11)52-32-29(50-20(10)39)26(48-18(8)37)22(13(3)43-32)45-15(5)34/h11-13,21-32,40H,1-10H3/t11?,12?,13-,21+,22+,23+,24?,25?,26?,27?,28?,29?,30-,31+,32+/m1/s1. The summed E-state index contributed by atoms with van der Waals surface area (Å²) in [5, 5.41) is 11.1. The molecule has 3 fully saturated rings. The summed E-state index contributed by atoms with van der Waals surface area (Å²) in [7, 11) is 0. The van der Waals surface area contributed by atoms with E-state index in [9.17, 15) is 38.7 Å². The Bertz CT molecular complexity index is 1240. The van der Waals surface area contributed by atoms with Gasteiger partial charge in [0, 0.05) is 48.5 Å². The van der Waals surface area contributed by atoms with Gasteiger partial charge in [-0.25, -0.2) is 0 Å². The quantitative estimate of drug-likeness (QED) is 0.206. The molecule has 0 radical (unpaired) electrons. The van der Waals surface area contributed by atoms with Gasteiger partial charge in [0.1, 0.15) is 6.10 Å². The lowest BCUT2D eigenvalue weighted by Gasteiger charge is -2.49. The van der Waals surface area contributed by atoms with Gasteiger partial charge in [0.15, 0.2) is 67.7 Å². The second-order valence-corrected chi connectivity index (χ2v) is 12.4. The predicted molar refractivity (Wildman–Crippen MR) is 164 cm³/mol. The van der Waals surface area contributed by atoms with Crippen LogP contribution in [0.5, 0.6) is 0 Å². The van der Waals surface area contributed by atoms with Gasteiger partial charge in [-0.05, 0) is 20.8 Å². The first-order chi connectivity index (χ1) is 24.2. The van der Waals surface area contributed by atoms with Crippen LogP contribution in [0.25, 0.3) is 0 Å². The maximum atomic E-state index is 12.5. The smallest absolute Gasteiger partial charge is 0.303 e. The van der Waals surface area contributed by atoms with E-state index in [-0.39, 0.29) is 0 Å². The molecule has 0 aliphatic carbocycles. The molecule has 0 aromatic heterocycles. The van der Waals surface area contributed by atoms with Crippen LogP contribution in [0, 0.1) is 0 Å². The number of ether oxygens (including phenoxy) is 12. The minimum absolute atomic E-state index is 0.752. The highest BCUT2D eigenvalue weighted by molar-refractivity contribution is 5.69. The van der Waals surface area contributed by atoms with E-state index in [1.807, 2.05) is 0 Å². The van der Waals surface area contributed by atoms with Crippen molar-refractivity contribution in [3.05, 3.63) is 0 Å². The summed E-state index contributed by atoms with van der Waals surface area (Å²) >= 11 is 0. The lowest BCUT2D eigenvalue weighted by molar-refractivity contribution is -0.377. The van der Waals surface area contributed by atoms with Crippen molar-refractivity contribution in [3.63, 3.8) is 0 Å². The van der Waals surface area contributed by atoms with Gasteiger partial charge in [-0.1, -0.05) is 0 Å². The van der Waals surface area contributed by atoms with Gasteiger partial charge >= 0.3 is 41.8 Å². The number of aliphatic hydroxyl groups excluding tert-OH is 1. The molecule has 20 nitrogen and oxygen atoms in total. The van der Waals surface area contributed by atoms with Crippen molar-refractivity contribution in [2.75, 3.05) is 0 Å². The molecule has 294 valence electrons. The van der Waals surface area contributed by atoms with Crippen LogP contribution < -0.4 is 0 Å². The fourth-order valence-corrected chi connectivity index (χ4v) is 6.12. The summed E-state index contributed by atoms with van der Waals surface area (Å²) in [5.41, 5.74) is 0. The molecule has 3 aliphatic heterocycles. The largest absolute Gasteiger partial charge is 0.457 e. The number of aliphatic hydroxyl groups is 1. The second kappa shape index (κ2) is 18.2. The molecule has 3 saturated heterocycles. The van der Waals surface area contributed by atoms with Crippen LogP contribution in [0.3, 0.4) is 0 Å². The predicted octanol–water partition coefficient (Wildman–Crippen LogP) is -0.495. The van der Waals surface area contributed by atoms with Gasteiger partial charge in [-0.15, -0.1) is 0 Å². The molecule has 1 N–H and O–H groups in total. The summed E-state index contributed by atoms with van der Waals surface area (Å²) in [4.78, 5) is 85.1. The van der Waals surface area contributed by atoms with Gasteiger partial charge in [0.25, 0.3) is 0 Å². The van der Waals surface area contributed by atoms with Gasteiger partial charge in [0.05, 0.1) is 18.3 Å². The first-order valence-electron chi connectivity index (χ1n) is 16.4. The first-order valence-corrected chi connectivity index (χ1v) is 16.4. The Balaban J connectivity index is 2.04. The number of rotatable bonds is 11. The van der Waals surface area contributed by atoms with Crippen LogP contribution in [0.15, 0.2) is 0 Å². The molecule has 15 atom stereocenters. The van der Waals surface area contributed by atoms with E-state index in [1.165, 1.54) is 20.8 Å². The van der Waals surface area contributed by atoms with Crippen molar-refractivity contribution >= 4 is 41.8 Å². The van der Waals surface area contributed by atoms with Crippen LogP contribution >= 0.6 is 0 Å². The van der Waals surface area contributed by atoms with Crippen molar-refractivity contribution in [1.82, 2.24) is 0 Å². The van der Waals surface area contributed by atoms with E-state index < -0.39 is 134 Å². The molecule has 0 aromatic carbocycles. The van der Waals surface area contributed by atoms with E-state index in [1.54, 1.807) is 0 Å². The first kappa shape index (κ1) is 42.5.